The van der Waals surface area contributed by atoms with Crippen molar-refractivity contribution in [3.63, 3.8) is 0 Å². The summed E-state index contributed by atoms with van der Waals surface area (Å²) in [4.78, 5) is 4.64. The Labute approximate surface area is 167 Å². The maximum Gasteiger partial charge on any atom is 0.156 e. The fourth-order valence-electron chi connectivity index (χ4n) is 3.76. The summed E-state index contributed by atoms with van der Waals surface area (Å²) < 4.78 is 11.2. The third kappa shape index (κ3) is 3.20. The quantitative estimate of drug-likeness (QED) is 0.495. The lowest BCUT2D eigenvalue weighted by atomic mass is 9.91. The number of nitrogens with zero attached hydrogens (tertiary/aromatic N) is 2. The number of fused-ring (bicyclic) bond motifs is 2. The van der Waals surface area contributed by atoms with E-state index in [-0.39, 0.29) is 0 Å². The zero-order chi connectivity index (χ0) is 19.8. The van der Waals surface area contributed by atoms with Gasteiger partial charge < -0.3 is 19.9 Å². The van der Waals surface area contributed by atoms with Crippen LogP contribution in [0.25, 0.3) is 22.2 Å². The first-order chi connectivity index (χ1) is 14.2. The standard InChI is InChI=1S/C22H20N4O3/c1-28-14-5-7-15(8-6-14)29-16-4-2-3-13(9-16)20-17-10-24-26-22(17)25-18-11-23-12-19(27)21(18)20/h2-10,19,23,27H,11-12H2,1H3,(H,24,25,26). The predicted octanol–water partition coefficient (Wildman–Crippen LogP) is 3.56. The van der Waals surface area contributed by atoms with E-state index in [0.29, 0.717) is 24.5 Å². The van der Waals surface area contributed by atoms with Crippen LogP contribution in [0, 0.1) is 0 Å². The number of aliphatic hydroxyl groups excluding tert-OH is 1. The molecular weight excluding hydrogens is 368 g/mol. The van der Waals surface area contributed by atoms with Gasteiger partial charge in [0.1, 0.15) is 17.2 Å². The van der Waals surface area contributed by atoms with Crippen molar-refractivity contribution in [3.8, 4) is 28.4 Å². The second-order valence-corrected chi connectivity index (χ2v) is 6.93. The smallest absolute Gasteiger partial charge is 0.156 e. The molecule has 5 rings (SSSR count). The Morgan fingerprint density at radius 1 is 1.07 bits per heavy atom. The van der Waals surface area contributed by atoms with E-state index in [0.717, 1.165) is 39.3 Å². The number of hydrogen-bond donors (Lipinski definition) is 3. The third-order valence-corrected chi connectivity index (χ3v) is 5.10. The van der Waals surface area contributed by atoms with E-state index in [1.54, 1.807) is 13.3 Å². The van der Waals surface area contributed by atoms with Crippen molar-refractivity contribution in [2.24, 2.45) is 0 Å². The largest absolute Gasteiger partial charge is 0.497 e. The number of pyridine rings is 1. The van der Waals surface area contributed by atoms with Gasteiger partial charge in [0.25, 0.3) is 0 Å². The first-order valence-corrected chi connectivity index (χ1v) is 9.40. The molecule has 3 N–H and O–H groups in total. The number of β-amino-alcohol motifs (C(OH)–C–C–N with tert-alkyl or cyclic N) is 1. The van der Waals surface area contributed by atoms with E-state index in [1.165, 1.54) is 0 Å². The second-order valence-electron chi connectivity index (χ2n) is 6.93. The molecule has 0 saturated heterocycles. The molecule has 0 amide bonds. The highest BCUT2D eigenvalue weighted by Crippen LogP contribution is 2.38. The lowest BCUT2D eigenvalue weighted by Crippen LogP contribution is -2.29. The van der Waals surface area contributed by atoms with Crippen LogP contribution in [0.5, 0.6) is 17.2 Å². The van der Waals surface area contributed by atoms with Gasteiger partial charge in [-0.15, -0.1) is 0 Å². The lowest BCUT2D eigenvalue weighted by Gasteiger charge is -2.25. The molecule has 0 fully saturated rings. The lowest BCUT2D eigenvalue weighted by molar-refractivity contribution is 0.165. The highest BCUT2D eigenvalue weighted by molar-refractivity contribution is 5.95. The normalized spacial score (nSPS) is 15.9. The number of hydrogen-bond acceptors (Lipinski definition) is 6. The number of aromatic nitrogens is 3. The summed E-state index contributed by atoms with van der Waals surface area (Å²) >= 11 is 0. The van der Waals surface area contributed by atoms with Gasteiger partial charge in [-0.2, -0.15) is 5.10 Å². The Balaban J connectivity index is 1.59. The summed E-state index contributed by atoms with van der Waals surface area (Å²) in [5.41, 5.74) is 4.27. The summed E-state index contributed by atoms with van der Waals surface area (Å²) in [6, 6.07) is 15.3. The number of methoxy groups -OCH3 is 1. The zero-order valence-corrected chi connectivity index (χ0v) is 15.8. The Kier molecular flexibility index (Phi) is 4.38. The van der Waals surface area contributed by atoms with Gasteiger partial charge in [-0.3, -0.25) is 5.10 Å². The van der Waals surface area contributed by atoms with Crippen LogP contribution in [0.3, 0.4) is 0 Å². The van der Waals surface area contributed by atoms with Crippen LogP contribution in [-0.4, -0.2) is 33.9 Å². The average Bonchev–Trinajstić information content (AvgIpc) is 3.21. The maximum atomic E-state index is 10.7. The summed E-state index contributed by atoms with van der Waals surface area (Å²) in [7, 11) is 1.63. The van der Waals surface area contributed by atoms with Crippen molar-refractivity contribution >= 4 is 11.0 Å². The summed E-state index contributed by atoms with van der Waals surface area (Å²) in [6.45, 7) is 1.10. The minimum absolute atomic E-state index is 0.493. The van der Waals surface area contributed by atoms with Gasteiger partial charge in [-0.1, -0.05) is 12.1 Å². The number of aliphatic hydroxyl groups is 1. The molecule has 146 valence electrons. The molecule has 0 bridgehead atoms. The van der Waals surface area contributed by atoms with E-state index in [1.807, 2.05) is 48.5 Å². The molecule has 1 aliphatic heterocycles. The van der Waals surface area contributed by atoms with E-state index in [9.17, 15) is 5.11 Å². The van der Waals surface area contributed by atoms with Crippen LogP contribution in [0.4, 0.5) is 0 Å². The Morgan fingerprint density at radius 3 is 2.72 bits per heavy atom. The van der Waals surface area contributed by atoms with Crippen molar-refractivity contribution in [1.82, 2.24) is 20.5 Å². The number of ether oxygens (including phenoxy) is 2. The Hall–Kier alpha value is -3.42. The molecule has 0 radical (unpaired) electrons. The minimum atomic E-state index is -0.633. The maximum absolute atomic E-state index is 10.7. The van der Waals surface area contributed by atoms with Crippen LogP contribution in [-0.2, 0) is 6.54 Å². The van der Waals surface area contributed by atoms with E-state index in [2.05, 4.69) is 20.5 Å². The fourth-order valence-corrected chi connectivity index (χ4v) is 3.76. The first kappa shape index (κ1) is 17.7. The molecule has 2 aromatic carbocycles. The molecule has 7 heteroatoms. The molecule has 2 aromatic heterocycles. The van der Waals surface area contributed by atoms with Crippen LogP contribution < -0.4 is 14.8 Å². The Bertz CT molecular complexity index is 1170. The van der Waals surface area contributed by atoms with E-state index in [4.69, 9.17) is 9.47 Å². The molecular formula is C22H20N4O3. The molecule has 3 heterocycles. The first-order valence-electron chi connectivity index (χ1n) is 9.40. The van der Waals surface area contributed by atoms with E-state index >= 15 is 0 Å². The molecule has 0 saturated carbocycles. The molecule has 0 spiro atoms. The van der Waals surface area contributed by atoms with Crippen LogP contribution >= 0.6 is 0 Å². The molecule has 0 aliphatic carbocycles. The van der Waals surface area contributed by atoms with Gasteiger partial charge in [0.05, 0.1) is 25.1 Å². The number of rotatable bonds is 4. The van der Waals surface area contributed by atoms with Crippen LogP contribution in [0.2, 0.25) is 0 Å². The number of nitrogens with one attached hydrogen (secondary N) is 2. The number of aromatic amines is 1. The molecule has 7 nitrogen and oxygen atoms in total. The molecule has 29 heavy (non-hydrogen) atoms. The monoisotopic (exact) mass is 388 g/mol. The van der Waals surface area contributed by atoms with Gasteiger partial charge in [-0.05, 0) is 42.0 Å². The van der Waals surface area contributed by atoms with Crippen molar-refractivity contribution < 1.29 is 14.6 Å². The predicted molar refractivity (Wildman–Crippen MR) is 109 cm³/mol. The molecule has 1 unspecified atom stereocenters. The van der Waals surface area contributed by atoms with Gasteiger partial charge in [0.15, 0.2) is 5.65 Å². The number of H-pyrrole nitrogens is 1. The topological polar surface area (TPSA) is 92.3 Å². The summed E-state index contributed by atoms with van der Waals surface area (Å²) in [5, 5.41) is 21.9. The summed E-state index contributed by atoms with van der Waals surface area (Å²) in [5.74, 6) is 2.20. The van der Waals surface area contributed by atoms with Gasteiger partial charge in [-0.25, -0.2) is 4.98 Å². The third-order valence-electron chi connectivity index (χ3n) is 5.10. The molecule has 1 aliphatic rings. The fraction of sp³-hybridized carbons (Fsp3) is 0.182. The van der Waals surface area contributed by atoms with Gasteiger partial charge in [0.2, 0.25) is 0 Å². The van der Waals surface area contributed by atoms with Crippen molar-refractivity contribution in [2.45, 2.75) is 12.6 Å². The molecule has 1 atom stereocenters. The second kappa shape index (κ2) is 7.20. The van der Waals surface area contributed by atoms with Gasteiger partial charge >= 0.3 is 0 Å². The van der Waals surface area contributed by atoms with Crippen LogP contribution in [0.1, 0.15) is 17.4 Å². The van der Waals surface area contributed by atoms with E-state index < -0.39 is 6.10 Å². The average molecular weight is 388 g/mol. The highest BCUT2D eigenvalue weighted by atomic mass is 16.5. The van der Waals surface area contributed by atoms with Crippen LogP contribution in [0.15, 0.2) is 54.7 Å². The number of benzene rings is 2. The Morgan fingerprint density at radius 2 is 1.90 bits per heavy atom. The van der Waals surface area contributed by atoms with Crippen molar-refractivity contribution in [1.29, 1.82) is 0 Å². The van der Waals surface area contributed by atoms with Crippen molar-refractivity contribution in [3.05, 3.63) is 66.0 Å². The highest BCUT2D eigenvalue weighted by Gasteiger charge is 2.26. The molecule has 4 aromatic rings. The SMILES string of the molecule is COc1ccc(Oc2cccc(-c3c4c(nc5[nH]ncc35)CNCC4O)c2)cc1. The summed E-state index contributed by atoms with van der Waals surface area (Å²) in [6.07, 6.45) is 1.12. The zero-order valence-electron chi connectivity index (χ0n) is 15.8. The van der Waals surface area contributed by atoms with Crippen molar-refractivity contribution in [2.75, 3.05) is 13.7 Å². The van der Waals surface area contributed by atoms with Gasteiger partial charge in [0, 0.05) is 29.6 Å². The minimum Gasteiger partial charge on any atom is -0.497 e.